The van der Waals surface area contributed by atoms with Gasteiger partial charge in [0.05, 0.1) is 31.3 Å². The summed E-state index contributed by atoms with van der Waals surface area (Å²) in [7, 11) is -2.57. The van der Waals surface area contributed by atoms with Crippen molar-refractivity contribution in [3.05, 3.63) is 47.5 Å². The van der Waals surface area contributed by atoms with Gasteiger partial charge in [-0.2, -0.15) is 5.26 Å². The van der Waals surface area contributed by atoms with Gasteiger partial charge in [-0.3, -0.25) is 4.79 Å². The summed E-state index contributed by atoms with van der Waals surface area (Å²) in [6.45, 7) is 25.4. The van der Waals surface area contributed by atoms with Crippen LogP contribution in [0.15, 0.2) is 36.4 Å². The van der Waals surface area contributed by atoms with E-state index in [2.05, 4.69) is 117 Å². The average Bonchev–Trinajstić information content (AvgIpc) is 3.29. The van der Waals surface area contributed by atoms with Gasteiger partial charge in [0.15, 0.2) is 16.6 Å². The number of carbonyl (C=O) groups is 1. The van der Waals surface area contributed by atoms with Gasteiger partial charge in [-0.25, -0.2) is 0 Å². The van der Waals surface area contributed by atoms with E-state index in [-0.39, 0.29) is 46.0 Å². The molecule has 5 nitrogen and oxygen atoms in total. The minimum Gasteiger partial charge on any atom is -0.469 e. The Hall–Kier alpha value is -1.73. The molecular formula is C38H65NO4Si2. The van der Waals surface area contributed by atoms with Crippen molar-refractivity contribution in [2.75, 3.05) is 7.11 Å². The minimum atomic E-state index is -2.06. The Morgan fingerprint density at radius 3 is 2.13 bits per heavy atom. The summed E-state index contributed by atoms with van der Waals surface area (Å²) in [5, 5.41) is 10.6. The maximum absolute atomic E-state index is 11.5. The summed E-state index contributed by atoms with van der Waals surface area (Å²) >= 11 is 0. The Morgan fingerprint density at radius 2 is 1.60 bits per heavy atom. The number of hydrogen-bond acceptors (Lipinski definition) is 5. The normalized spacial score (nSPS) is 22.0. The topological polar surface area (TPSA) is 68.5 Å². The van der Waals surface area contributed by atoms with E-state index in [1.807, 2.05) is 0 Å². The molecule has 1 aliphatic carbocycles. The second kappa shape index (κ2) is 16.9. The lowest BCUT2D eigenvalue weighted by molar-refractivity contribution is -0.140. The summed E-state index contributed by atoms with van der Waals surface area (Å²) in [5.41, 5.74) is 2.53. The van der Waals surface area contributed by atoms with Crippen LogP contribution in [0.2, 0.25) is 36.3 Å². The zero-order valence-corrected chi connectivity index (χ0v) is 32.8. The molecule has 0 radical (unpaired) electrons. The molecule has 1 aromatic carbocycles. The second-order valence-electron chi connectivity index (χ2n) is 16.3. The molecule has 0 amide bonds. The van der Waals surface area contributed by atoms with Crippen LogP contribution < -0.4 is 0 Å². The standard InChI is InChI=1S/C38H65NO4Si2/c1-13-14-17-21-33(42-44(9,10)37(2,3)4)29-23-25-30(26-24-29)36-32(20-18-15-16-19-22-35(40)41-8)31(28-39)27-34(36)43-45(11,12)38(5,6)7/h15,18,23-26,31-34,36H,13-14,16-17,19-22,27H2,1-12H3/b18-15-/t31-,32-,33?,34+,36+/m0/s1. The van der Waals surface area contributed by atoms with Gasteiger partial charge in [0.1, 0.15) is 0 Å². The van der Waals surface area contributed by atoms with Crippen LogP contribution in [0.4, 0.5) is 0 Å². The molecule has 254 valence electrons. The molecule has 1 unspecified atom stereocenters. The van der Waals surface area contributed by atoms with E-state index < -0.39 is 16.6 Å². The van der Waals surface area contributed by atoms with Crippen molar-refractivity contribution >= 4 is 22.6 Å². The molecule has 2 rings (SSSR count). The predicted octanol–water partition coefficient (Wildman–Crippen LogP) is 11.3. The lowest BCUT2D eigenvalue weighted by Crippen LogP contribution is -2.44. The third kappa shape index (κ3) is 11.2. The molecule has 1 fully saturated rings. The van der Waals surface area contributed by atoms with Gasteiger partial charge in [0.25, 0.3) is 0 Å². The van der Waals surface area contributed by atoms with Crippen LogP contribution in [-0.2, 0) is 18.4 Å². The number of rotatable bonds is 16. The Morgan fingerprint density at radius 1 is 0.978 bits per heavy atom. The minimum absolute atomic E-state index is 0.0166. The van der Waals surface area contributed by atoms with Crippen LogP contribution in [0.1, 0.15) is 129 Å². The highest BCUT2D eigenvalue weighted by atomic mass is 28.4. The third-order valence-corrected chi connectivity index (χ3v) is 19.8. The van der Waals surface area contributed by atoms with Crippen molar-refractivity contribution in [2.45, 2.75) is 161 Å². The molecule has 0 spiro atoms. The number of unbranched alkanes of at least 4 members (excludes halogenated alkanes) is 3. The van der Waals surface area contributed by atoms with Crippen molar-refractivity contribution in [3.8, 4) is 6.07 Å². The molecule has 1 saturated carbocycles. The van der Waals surface area contributed by atoms with Crippen LogP contribution in [0.5, 0.6) is 0 Å². The van der Waals surface area contributed by atoms with Gasteiger partial charge in [0.2, 0.25) is 0 Å². The van der Waals surface area contributed by atoms with Crippen molar-refractivity contribution in [3.63, 3.8) is 0 Å². The Balaban J connectivity index is 2.42. The fraction of sp³-hybridized carbons (Fsp3) is 0.737. The van der Waals surface area contributed by atoms with E-state index in [4.69, 9.17) is 13.6 Å². The van der Waals surface area contributed by atoms with Crippen molar-refractivity contribution in [1.82, 2.24) is 0 Å². The first-order chi connectivity index (χ1) is 20.9. The maximum atomic E-state index is 11.5. The number of carbonyl (C=O) groups excluding carboxylic acids is 1. The molecule has 0 bridgehead atoms. The fourth-order valence-electron chi connectivity index (χ4n) is 5.87. The van der Waals surface area contributed by atoms with Gasteiger partial charge in [-0.1, -0.05) is 104 Å². The van der Waals surface area contributed by atoms with Crippen LogP contribution in [0.25, 0.3) is 0 Å². The summed E-state index contributed by atoms with van der Waals surface area (Å²) in [6, 6.07) is 11.9. The SMILES string of the molecule is CCCCCC(O[Si](C)(C)C(C)(C)C)c1ccc([C@@H]2[C@@H](C/C=C\CCCC(=O)OC)[C@H](C#N)C[C@H]2O[Si](C)(C)C(C)(C)C)cc1. The zero-order chi connectivity index (χ0) is 34.1. The quantitative estimate of drug-likeness (QED) is 0.0767. The molecule has 0 saturated heterocycles. The second-order valence-corrected chi connectivity index (χ2v) is 25.8. The number of benzene rings is 1. The van der Waals surface area contributed by atoms with Crippen molar-refractivity contribution in [2.24, 2.45) is 11.8 Å². The van der Waals surface area contributed by atoms with Gasteiger partial charge in [-0.05, 0) is 85.4 Å². The average molecular weight is 656 g/mol. The van der Waals surface area contributed by atoms with E-state index in [0.29, 0.717) is 6.42 Å². The molecule has 1 aliphatic rings. The summed E-state index contributed by atoms with van der Waals surface area (Å²) in [5.74, 6) is 0.0989. The van der Waals surface area contributed by atoms with Crippen LogP contribution >= 0.6 is 0 Å². The third-order valence-electron chi connectivity index (χ3n) is 10.8. The van der Waals surface area contributed by atoms with Gasteiger partial charge in [0, 0.05) is 12.3 Å². The maximum Gasteiger partial charge on any atom is 0.305 e. The summed E-state index contributed by atoms with van der Waals surface area (Å²) in [6.07, 6.45) is 12.8. The number of allylic oxidation sites excluding steroid dienone is 2. The Kier molecular flexibility index (Phi) is 14.8. The number of ether oxygens (including phenoxy) is 1. The van der Waals surface area contributed by atoms with E-state index >= 15 is 0 Å². The zero-order valence-electron chi connectivity index (χ0n) is 30.8. The van der Waals surface area contributed by atoms with E-state index in [0.717, 1.165) is 32.1 Å². The molecule has 0 aromatic heterocycles. The fourth-order valence-corrected chi connectivity index (χ4v) is 8.54. The first-order valence-electron chi connectivity index (χ1n) is 17.5. The highest BCUT2D eigenvalue weighted by molar-refractivity contribution is 6.74. The molecule has 5 atom stereocenters. The van der Waals surface area contributed by atoms with Crippen LogP contribution in [0.3, 0.4) is 0 Å². The number of methoxy groups -OCH3 is 1. The molecule has 0 heterocycles. The lowest BCUT2D eigenvalue weighted by atomic mass is 9.82. The van der Waals surface area contributed by atoms with Crippen molar-refractivity contribution in [1.29, 1.82) is 5.26 Å². The molecular weight excluding hydrogens is 591 g/mol. The predicted molar refractivity (Wildman–Crippen MR) is 193 cm³/mol. The van der Waals surface area contributed by atoms with Crippen molar-refractivity contribution < 1.29 is 18.4 Å². The Labute approximate surface area is 278 Å². The first-order valence-corrected chi connectivity index (χ1v) is 23.3. The Bertz CT molecular complexity index is 1120. The smallest absolute Gasteiger partial charge is 0.305 e. The highest BCUT2D eigenvalue weighted by Gasteiger charge is 2.48. The number of hydrogen-bond donors (Lipinski definition) is 0. The van der Waals surface area contributed by atoms with Gasteiger partial charge >= 0.3 is 5.97 Å². The molecule has 45 heavy (non-hydrogen) atoms. The van der Waals surface area contributed by atoms with E-state index in [1.54, 1.807) is 0 Å². The molecule has 0 aliphatic heterocycles. The number of nitriles is 1. The van der Waals surface area contributed by atoms with Crippen LogP contribution in [0, 0.1) is 23.2 Å². The van der Waals surface area contributed by atoms with E-state index in [9.17, 15) is 10.1 Å². The van der Waals surface area contributed by atoms with Crippen LogP contribution in [-0.4, -0.2) is 35.8 Å². The lowest BCUT2D eigenvalue weighted by Gasteiger charge is -2.40. The molecule has 1 aromatic rings. The first kappa shape index (κ1) is 39.5. The van der Waals surface area contributed by atoms with Gasteiger partial charge < -0.3 is 13.6 Å². The highest BCUT2D eigenvalue weighted by Crippen LogP contribution is 2.50. The number of esters is 1. The molecule has 7 heteroatoms. The summed E-state index contributed by atoms with van der Waals surface area (Å²) < 4.78 is 18.9. The largest absolute Gasteiger partial charge is 0.469 e. The number of nitrogens with zero attached hydrogens (tertiary/aromatic N) is 1. The summed E-state index contributed by atoms with van der Waals surface area (Å²) in [4.78, 5) is 11.5. The monoisotopic (exact) mass is 655 g/mol. The molecule has 0 N–H and O–H groups in total. The van der Waals surface area contributed by atoms with E-state index in [1.165, 1.54) is 37.5 Å². The van der Waals surface area contributed by atoms with Gasteiger partial charge in [-0.15, -0.1) is 0 Å².